The van der Waals surface area contributed by atoms with Crippen molar-refractivity contribution in [2.24, 2.45) is 0 Å². The van der Waals surface area contributed by atoms with Crippen LogP contribution in [0.3, 0.4) is 0 Å². The van der Waals surface area contributed by atoms with Gasteiger partial charge in [-0.15, -0.1) is 0 Å². The fourth-order valence-electron chi connectivity index (χ4n) is 6.86. The summed E-state index contributed by atoms with van der Waals surface area (Å²) in [5.74, 6) is 0. The van der Waals surface area contributed by atoms with Gasteiger partial charge in [-0.05, 0) is 111 Å². The van der Waals surface area contributed by atoms with Gasteiger partial charge < -0.3 is 4.90 Å². The first-order chi connectivity index (χ1) is 24.3. The Kier molecular flexibility index (Phi) is 8.56. The summed E-state index contributed by atoms with van der Waals surface area (Å²) < 4.78 is 0. The predicted molar refractivity (Wildman–Crippen MR) is 209 cm³/mol. The summed E-state index contributed by atoms with van der Waals surface area (Å²) in [4.78, 5) is 2.43. The Balaban J connectivity index is 1.34. The van der Waals surface area contributed by atoms with Crippen molar-refractivity contribution in [2.75, 3.05) is 4.90 Å². The van der Waals surface area contributed by atoms with Gasteiger partial charge in [0.05, 0.1) is 5.69 Å². The van der Waals surface area contributed by atoms with Crippen LogP contribution < -0.4 is 4.90 Å². The molecule has 0 bridgehead atoms. The summed E-state index contributed by atoms with van der Waals surface area (Å²) in [5.41, 5.74) is 15.6. The van der Waals surface area contributed by atoms with Crippen LogP contribution in [0.1, 0.15) is 18.4 Å². The van der Waals surface area contributed by atoms with Gasteiger partial charge in [0.25, 0.3) is 0 Å². The van der Waals surface area contributed by atoms with Gasteiger partial charge in [-0.25, -0.2) is 0 Å². The van der Waals surface area contributed by atoms with Crippen molar-refractivity contribution in [3.05, 3.63) is 206 Å². The molecule has 0 unspecified atom stereocenters. The molecule has 0 saturated heterocycles. The number of rotatable bonds is 8. The van der Waals surface area contributed by atoms with Crippen LogP contribution in [0.25, 0.3) is 50.1 Å². The van der Waals surface area contributed by atoms with Crippen molar-refractivity contribution < 1.29 is 0 Å². The maximum Gasteiger partial charge on any atom is 0.0540 e. The molecule has 0 aliphatic heterocycles. The molecule has 0 amide bonds. The first-order valence-corrected chi connectivity index (χ1v) is 17.1. The summed E-state index contributed by atoms with van der Waals surface area (Å²) in [6.07, 6.45) is 8.82. The monoisotopic (exact) mass is 627 g/mol. The van der Waals surface area contributed by atoms with Crippen LogP contribution in [0.15, 0.2) is 200 Å². The fourth-order valence-corrected chi connectivity index (χ4v) is 6.86. The summed E-state index contributed by atoms with van der Waals surface area (Å²) in [6, 6.07) is 65.9. The molecular formula is C48H37N. The van der Waals surface area contributed by atoms with Gasteiger partial charge in [-0.3, -0.25) is 0 Å². The summed E-state index contributed by atoms with van der Waals surface area (Å²) in [6.45, 7) is 0. The Labute approximate surface area is 289 Å². The molecule has 8 rings (SSSR count). The molecule has 1 heteroatoms. The zero-order valence-electron chi connectivity index (χ0n) is 27.4. The van der Waals surface area contributed by atoms with E-state index in [2.05, 4.69) is 205 Å². The molecule has 0 atom stereocenters. The van der Waals surface area contributed by atoms with E-state index in [-0.39, 0.29) is 0 Å². The molecule has 0 aromatic heterocycles. The van der Waals surface area contributed by atoms with Crippen LogP contribution in [-0.4, -0.2) is 0 Å². The van der Waals surface area contributed by atoms with Crippen LogP contribution in [0.5, 0.6) is 0 Å². The Morgan fingerprint density at radius 1 is 0.367 bits per heavy atom. The lowest BCUT2D eigenvalue weighted by molar-refractivity contribution is 1.05. The zero-order chi connectivity index (χ0) is 32.8. The Morgan fingerprint density at radius 3 is 1.45 bits per heavy atom. The summed E-state index contributed by atoms with van der Waals surface area (Å²) in [7, 11) is 0. The van der Waals surface area contributed by atoms with E-state index in [4.69, 9.17) is 0 Å². The Bertz CT molecular complexity index is 2200. The van der Waals surface area contributed by atoms with Gasteiger partial charge in [0.2, 0.25) is 0 Å². The molecule has 1 aliphatic rings. The van der Waals surface area contributed by atoms with Crippen molar-refractivity contribution in [1.82, 2.24) is 0 Å². The number of anilines is 3. The van der Waals surface area contributed by atoms with Gasteiger partial charge in [-0.2, -0.15) is 0 Å². The van der Waals surface area contributed by atoms with Gasteiger partial charge >= 0.3 is 0 Å². The van der Waals surface area contributed by atoms with E-state index in [9.17, 15) is 0 Å². The van der Waals surface area contributed by atoms with Crippen molar-refractivity contribution in [1.29, 1.82) is 0 Å². The van der Waals surface area contributed by atoms with Crippen LogP contribution in [0, 0.1) is 0 Å². The zero-order valence-corrected chi connectivity index (χ0v) is 27.4. The second-order valence-corrected chi connectivity index (χ2v) is 12.5. The molecule has 0 N–H and O–H groups in total. The second-order valence-electron chi connectivity index (χ2n) is 12.5. The molecule has 7 aromatic carbocycles. The molecule has 49 heavy (non-hydrogen) atoms. The Morgan fingerprint density at radius 2 is 0.857 bits per heavy atom. The van der Waals surface area contributed by atoms with Crippen molar-refractivity contribution >= 4 is 22.6 Å². The van der Waals surface area contributed by atoms with Crippen LogP contribution >= 0.6 is 0 Å². The van der Waals surface area contributed by atoms with E-state index in [0.29, 0.717) is 0 Å². The summed E-state index contributed by atoms with van der Waals surface area (Å²) in [5, 5.41) is 0. The molecule has 0 radical (unpaired) electrons. The first-order valence-electron chi connectivity index (χ1n) is 17.1. The normalized spacial score (nSPS) is 12.4. The molecular weight excluding hydrogens is 591 g/mol. The molecule has 0 saturated carbocycles. The molecule has 0 spiro atoms. The maximum atomic E-state index is 2.43. The number of allylic oxidation sites excluding steroid dienone is 4. The topological polar surface area (TPSA) is 3.24 Å². The number of para-hydroxylation sites is 1. The summed E-state index contributed by atoms with van der Waals surface area (Å²) >= 11 is 0. The van der Waals surface area contributed by atoms with E-state index in [1.54, 1.807) is 0 Å². The average Bonchev–Trinajstić information content (AvgIpc) is 3.20. The molecule has 0 fully saturated rings. The third-order valence-corrected chi connectivity index (χ3v) is 9.30. The van der Waals surface area contributed by atoms with E-state index in [0.717, 1.165) is 29.9 Å². The van der Waals surface area contributed by atoms with E-state index in [1.807, 2.05) is 0 Å². The van der Waals surface area contributed by atoms with Crippen LogP contribution in [0.2, 0.25) is 0 Å². The fraction of sp³-hybridized carbons (Fsp3) is 0.0417. The quantitative estimate of drug-likeness (QED) is 0.162. The number of nitrogens with zero attached hydrogens (tertiary/aromatic N) is 1. The van der Waals surface area contributed by atoms with Gasteiger partial charge in [0.15, 0.2) is 0 Å². The van der Waals surface area contributed by atoms with Crippen molar-refractivity contribution in [3.63, 3.8) is 0 Å². The van der Waals surface area contributed by atoms with Crippen LogP contribution in [-0.2, 0) is 0 Å². The van der Waals surface area contributed by atoms with Gasteiger partial charge in [0.1, 0.15) is 0 Å². The number of benzene rings is 7. The lowest BCUT2D eigenvalue weighted by Gasteiger charge is -2.29. The lowest BCUT2D eigenvalue weighted by Crippen LogP contribution is -2.11. The van der Waals surface area contributed by atoms with E-state index >= 15 is 0 Å². The van der Waals surface area contributed by atoms with Crippen molar-refractivity contribution in [2.45, 2.75) is 12.8 Å². The highest BCUT2D eigenvalue weighted by Gasteiger charge is 2.20. The van der Waals surface area contributed by atoms with Crippen LogP contribution in [0.4, 0.5) is 17.1 Å². The highest BCUT2D eigenvalue weighted by Crippen LogP contribution is 2.44. The van der Waals surface area contributed by atoms with E-state index in [1.165, 1.54) is 55.6 Å². The minimum absolute atomic E-state index is 1.05. The smallest absolute Gasteiger partial charge is 0.0540 e. The largest absolute Gasteiger partial charge is 0.310 e. The highest BCUT2D eigenvalue weighted by atomic mass is 15.1. The number of hydrogen-bond acceptors (Lipinski definition) is 1. The standard InChI is InChI=1S/C48H37N/c1-5-17-36(18-6-1)40-25-15-27-45(34-40)49(46-28-16-26-41(35-46)37-19-7-2-8-20-37)48-30-14-13-29-47(48)44-32-42(38-21-9-3-10-22-38)31-43(33-44)39-23-11-4-12-24-39/h1-7,9-19,21-35H,8,20H2. The van der Waals surface area contributed by atoms with Gasteiger partial charge in [-0.1, -0.05) is 152 Å². The lowest BCUT2D eigenvalue weighted by atomic mass is 9.92. The molecule has 1 nitrogen and oxygen atoms in total. The third-order valence-electron chi connectivity index (χ3n) is 9.30. The van der Waals surface area contributed by atoms with Crippen molar-refractivity contribution in [3.8, 4) is 44.5 Å². The average molecular weight is 628 g/mol. The molecule has 1 aliphatic carbocycles. The third kappa shape index (κ3) is 6.52. The minimum atomic E-state index is 1.05. The second kappa shape index (κ2) is 13.9. The molecule has 7 aromatic rings. The highest BCUT2D eigenvalue weighted by molar-refractivity contribution is 5.92. The van der Waals surface area contributed by atoms with E-state index < -0.39 is 0 Å². The first kappa shape index (κ1) is 30.2. The SMILES string of the molecule is C1=CCCC(c2cccc(N(c3cccc(-c4ccccc4)c3)c3ccccc3-c3cc(-c4ccccc4)cc(-c4ccccc4)c3)c2)=C1. The molecule has 234 valence electrons. The maximum absolute atomic E-state index is 2.43. The predicted octanol–water partition coefficient (Wildman–Crippen LogP) is 13.6. The number of hydrogen-bond donors (Lipinski definition) is 0. The minimum Gasteiger partial charge on any atom is -0.310 e. The van der Waals surface area contributed by atoms with Gasteiger partial charge in [0, 0.05) is 16.9 Å². The Hall–Kier alpha value is -6.18. The molecule has 0 heterocycles.